The van der Waals surface area contributed by atoms with Crippen LogP contribution >= 0.6 is 34.9 Å². The Hall–Kier alpha value is -1.25. The fourth-order valence-electron chi connectivity index (χ4n) is 2.59. The molecule has 0 aliphatic carbocycles. The van der Waals surface area contributed by atoms with Gasteiger partial charge in [-0.05, 0) is 42.6 Å². The molecule has 25 heavy (non-hydrogen) atoms. The van der Waals surface area contributed by atoms with Crippen LogP contribution in [0.4, 0.5) is 0 Å². The normalized spacial score (nSPS) is 11.3. The predicted octanol–water partition coefficient (Wildman–Crippen LogP) is 4.06. The molecule has 4 nitrogen and oxygen atoms in total. The van der Waals surface area contributed by atoms with Crippen molar-refractivity contribution in [2.45, 2.75) is 17.0 Å². The van der Waals surface area contributed by atoms with Crippen LogP contribution in [0, 0.1) is 0 Å². The number of fused-ring (bicyclic) bond motifs is 1. The molecule has 3 rings (SSSR count). The van der Waals surface area contributed by atoms with Crippen molar-refractivity contribution >= 4 is 50.7 Å². The molecule has 132 valence electrons. The van der Waals surface area contributed by atoms with Crippen LogP contribution in [0.3, 0.4) is 0 Å². The maximum atomic E-state index is 11.5. The molecule has 0 saturated carbocycles. The van der Waals surface area contributed by atoms with Crippen LogP contribution in [0.5, 0.6) is 0 Å². The predicted molar refractivity (Wildman–Crippen MR) is 107 cm³/mol. The van der Waals surface area contributed by atoms with Gasteiger partial charge in [0.1, 0.15) is 0 Å². The van der Waals surface area contributed by atoms with Crippen molar-refractivity contribution < 1.29 is 15.0 Å². The van der Waals surface area contributed by atoms with E-state index in [1.54, 1.807) is 41.8 Å². The first-order valence-electron chi connectivity index (χ1n) is 7.88. The van der Waals surface area contributed by atoms with Crippen molar-refractivity contribution in [2.24, 2.45) is 0 Å². The van der Waals surface area contributed by atoms with Crippen molar-refractivity contribution in [3.63, 3.8) is 0 Å². The van der Waals surface area contributed by atoms with Gasteiger partial charge in [0, 0.05) is 28.1 Å². The number of aromatic nitrogens is 1. The van der Waals surface area contributed by atoms with Crippen LogP contribution in [0.25, 0.3) is 15.8 Å². The Labute approximate surface area is 158 Å². The minimum atomic E-state index is 0.0461. The number of hydrogen-bond donors (Lipinski definition) is 2. The van der Waals surface area contributed by atoms with Crippen molar-refractivity contribution in [3.8, 4) is 5.69 Å². The zero-order chi connectivity index (χ0) is 17.8. The van der Waals surface area contributed by atoms with Crippen LogP contribution in [0.15, 0.2) is 45.8 Å². The van der Waals surface area contributed by atoms with Crippen molar-refractivity contribution in [3.05, 3.63) is 41.3 Å². The fourth-order valence-corrected chi connectivity index (χ4v) is 5.65. The number of benzene rings is 1. The second-order valence-corrected chi connectivity index (χ2v) is 8.44. The second-order valence-electron chi connectivity index (χ2n) is 5.36. The van der Waals surface area contributed by atoms with Gasteiger partial charge in [-0.25, -0.2) is 0 Å². The van der Waals surface area contributed by atoms with Crippen LogP contribution in [0.1, 0.15) is 17.3 Å². The number of Topliss-reactive ketones (excluding diaryl/α,β-unsaturated/α-hetero) is 1. The first-order chi connectivity index (χ1) is 12.2. The summed E-state index contributed by atoms with van der Waals surface area (Å²) in [4.78, 5) is 11.5. The van der Waals surface area contributed by atoms with E-state index in [9.17, 15) is 15.0 Å². The number of aliphatic hydroxyl groups is 2. The van der Waals surface area contributed by atoms with Gasteiger partial charge in [0.2, 0.25) is 0 Å². The highest BCUT2D eigenvalue weighted by Crippen LogP contribution is 2.43. The molecule has 0 fully saturated rings. The molecule has 2 heterocycles. The number of nitrogens with zero attached hydrogens (tertiary/aromatic N) is 1. The van der Waals surface area contributed by atoms with Crippen LogP contribution in [-0.2, 0) is 0 Å². The van der Waals surface area contributed by atoms with E-state index in [1.807, 2.05) is 24.3 Å². The lowest BCUT2D eigenvalue weighted by Crippen LogP contribution is -2.01. The molecule has 3 aromatic rings. The summed E-state index contributed by atoms with van der Waals surface area (Å²) in [5, 5.41) is 23.9. The second kappa shape index (κ2) is 8.42. The number of rotatable bonds is 8. The highest BCUT2D eigenvalue weighted by molar-refractivity contribution is 8.00. The molecule has 0 unspecified atom stereocenters. The molecule has 2 aromatic heterocycles. The largest absolute Gasteiger partial charge is 0.396 e. The summed E-state index contributed by atoms with van der Waals surface area (Å²) in [5.74, 6) is 1.28. The standard InChI is InChI=1S/C18H19NO3S3/c1-12(22)13-2-4-14(5-3-13)19-17(24-10-7-20)15-6-9-23-16(15)18(19)25-11-8-21/h2-6,9,20-21H,7-8,10-11H2,1H3. The summed E-state index contributed by atoms with van der Waals surface area (Å²) in [6.45, 7) is 1.79. The molecular weight excluding hydrogens is 374 g/mol. The minimum Gasteiger partial charge on any atom is -0.396 e. The first kappa shape index (κ1) is 18.5. The van der Waals surface area contributed by atoms with Gasteiger partial charge < -0.3 is 10.2 Å². The third-order valence-electron chi connectivity index (χ3n) is 3.69. The third kappa shape index (κ3) is 3.80. The molecule has 1 aromatic carbocycles. The molecule has 0 saturated heterocycles. The highest BCUT2D eigenvalue weighted by Gasteiger charge is 2.20. The van der Waals surface area contributed by atoms with E-state index in [4.69, 9.17) is 0 Å². The Morgan fingerprint density at radius 3 is 2.28 bits per heavy atom. The van der Waals surface area contributed by atoms with E-state index in [0.717, 1.165) is 15.7 Å². The molecular formula is C18H19NO3S3. The van der Waals surface area contributed by atoms with Crippen molar-refractivity contribution in [1.29, 1.82) is 0 Å². The van der Waals surface area contributed by atoms with Crippen molar-refractivity contribution in [2.75, 3.05) is 24.7 Å². The zero-order valence-corrected chi connectivity index (χ0v) is 16.2. The lowest BCUT2D eigenvalue weighted by molar-refractivity contribution is 0.101. The van der Waals surface area contributed by atoms with Crippen LogP contribution in [-0.4, -0.2) is 45.3 Å². The molecule has 0 radical (unpaired) electrons. The summed E-state index contributed by atoms with van der Waals surface area (Å²) < 4.78 is 3.36. The van der Waals surface area contributed by atoms with E-state index in [0.29, 0.717) is 17.1 Å². The van der Waals surface area contributed by atoms with Gasteiger partial charge in [0.15, 0.2) is 5.78 Å². The molecule has 0 spiro atoms. The molecule has 0 atom stereocenters. The molecule has 7 heteroatoms. The topological polar surface area (TPSA) is 62.5 Å². The van der Waals surface area contributed by atoms with Gasteiger partial charge in [-0.15, -0.1) is 34.9 Å². The summed E-state index contributed by atoms with van der Waals surface area (Å²) in [6, 6.07) is 9.68. The summed E-state index contributed by atoms with van der Waals surface area (Å²) >= 11 is 4.92. The Kier molecular flexibility index (Phi) is 6.24. The van der Waals surface area contributed by atoms with Crippen LogP contribution < -0.4 is 0 Å². The number of aliphatic hydroxyl groups excluding tert-OH is 2. The van der Waals surface area contributed by atoms with Crippen molar-refractivity contribution in [1.82, 2.24) is 4.57 Å². The SMILES string of the molecule is CC(=O)c1ccc(-n2c(SCCO)c3ccsc3c2SCCO)cc1. The van der Waals surface area contributed by atoms with Gasteiger partial charge in [-0.2, -0.15) is 0 Å². The minimum absolute atomic E-state index is 0.0461. The summed E-state index contributed by atoms with van der Waals surface area (Å²) in [6.07, 6.45) is 0. The Morgan fingerprint density at radius 2 is 1.68 bits per heavy atom. The average Bonchev–Trinajstić information content (AvgIpc) is 3.19. The number of thiophene rings is 1. The first-order valence-corrected chi connectivity index (χ1v) is 10.7. The summed E-state index contributed by atoms with van der Waals surface area (Å²) in [5.41, 5.74) is 1.67. The average molecular weight is 394 g/mol. The van der Waals surface area contributed by atoms with E-state index in [1.165, 1.54) is 10.1 Å². The Bertz CT molecular complexity index is 827. The van der Waals surface area contributed by atoms with E-state index in [-0.39, 0.29) is 19.0 Å². The van der Waals surface area contributed by atoms with Gasteiger partial charge >= 0.3 is 0 Å². The number of hydrogen-bond acceptors (Lipinski definition) is 6. The third-order valence-corrected chi connectivity index (χ3v) is 6.85. The maximum absolute atomic E-state index is 11.5. The van der Waals surface area contributed by atoms with Gasteiger partial charge in [0.05, 0.1) is 28.0 Å². The quantitative estimate of drug-likeness (QED) is 0.446. The van der Waals surface area contributed by atoms with Gasteiger partial charge in [-0.1, -0.05) is 0 Å². The van der Waals surface area contributed by atoms with E-state index >= 15 is 0 Å². The fraction of sp³-hybridized carbons (Fsp3) is 0.278. The highest BCUT2D eigenvalue weighted by atomic mass is 32.2. The van der Waals surface area contributed by atoms with Gasteiger partial charge in [0.25, 0.3) is 0 Å². The smallest absolute Gasteiger partial charge is 0.159 e. The summed E-state index contributed by atoms with van der Waals surface area (Å²) in [7, 11) is 0. The maximum Gasteiger partial charge on any atom is 0.159 e. The molecule has 0 aliphatic heterocycles. The van der Waals surface area contributed by atoms with E-state index < -0.39 is 0 Å². The number of ketones is 1. The van der Waals surface area contributed by atoms with Gasteiger partial charge in [-0.3, -0.25) is 9.36 Å². The molecule has 2 N–H and O–H groups in total. The molecule has 0 amide bonds. The molecule has 0 bridgehead atoms. The molecule has 0 aliphatic rings. The Morgan fingerprint density at radius 1 is 1.04 bits per heavy atom. The number of carbonyl (C=O) groups excluding carboxylic acids is 1. The number of carbonyl (C=O) groups is 1. The lowest BCUT2D eigenvalue weighted by atomic mass is 10.1. The monoisotopic (exact) mass is 393 g/mol. The number of thioether (sulfide) groups is 2. The lowest BCUT2D eigenvalue weighted by Gasteiger charge is -2.13. The zero-order valence-electron chi connectivity index (χ0n) is 13.8. The van der Waals surface area contributed by atoms with E-state index in [2.05, 4.69) is 16.0 Å². The Balaban J connectivity index is 2.15. The van der Waals surface area contributed by atoms with Crippen LogP contribution in [0.2, 0.25) is 0 Å².